The molecule has 5 rings (SSSR count). The monoisotopic (exact) mass is 491 g/mol. The van der Waals surface area contributed by atoms with Gasteiger partial charge in [0.05, 0.1) is 16.1 Å². The van der Waals surface area contributed by atoms with Crippen molar-refractivity contribution in [1.29, 1.82) is 0 Å². The van der Waals surface area contributed by atoms with Crippen LogP contribution in [0.5, 0.6) is 0 Å². The Hall–Kier alpha value is -3.49. The van der Waals surface area contributed by atoms with E-state index in [1.165, 1.54) is 0 Å². The third-order valence-electron chi connectivity index (χ3n) is 5.82. The third kappa shape index (κ3) is 4.47. The maximum atomic E-state index is 11.6. The van der Waals surface area contributed by atoms with Gasteiger partial charge in [-0.3, -0.25) is 9.20 Å². The van der Waals surface area contributed by atoms with Crippen LogP contribution in [0.3, 0.4) is 0 Å². The van der Waals surface area contributed by atoms with E-state index in [4.69, 9.17) is 11.6 Å². The second-order valence-electron chi connectivity index (χ2n) is 8.49. The number of anilines is 2. The van der Waals surface area contributed by atoms with Gasteiger partial charge in [0.25, 0.3) is 0 Å². The van der Waals surface area contributed by atoms with Crippen molar-refractivity contribution in [3.8, 4) is 11.1 Å². The highest BCUT2D eigenvalue weighted by molar-refractivity contribution is 7.22. The number of aromatic nitrogens is 4. The molecule has 0 aliphatic heterocycles. The minimum Gasteiger partial charge on any atom is -0.481 e. The molecule has 2 N–H and O–H groups in total. The van der Waals surface area contributed by atoms with Crippen LogP contribution in [0.25, 0.3) is 27.0 Å². The van der Waals surface area contributed by atoms with Crippen LogP contribution >= 0.6 is 22.9 Å². The molecule has 172 valence electrons. The molecule has 0 aliphatic rings. The molecule has 34 heavy (non-hydrogen) atoms. The van der Waals surface area contributed by atoms with E-state index in [1.807, 2.05) is 79.0 Å². The summed E-state index contributed by atoms with van der Waals surface area (Å²) < 4.78 is 2.90. The summed E-state index contributed by atoms with van der Waals surface area (Å²) >= 11 is 7.63. The van der Waals surface area contributed by atoms with Crippen molar-refractivity contribution in [3.05, 3.63) is 71.6 Å². The van der Waals surface area contributed by atoms with E-state index >= 15 is 0 Å². The zero-order chi connectivity index (χ0) is 23.8. The number of fused-ring (bicyclic) bond motifs is 2. The molecule has 0 saturated heterocycles. The van der Waals surface area contributed by atoms with E-state index in [0.717, 1.165) is 32.2 Å². The molecule has 0 amide bonds. The SMILES string of the molecule is CC(C)[C@@H](Cc1nnc2cc(-c3ccc(Nc4nc5ccc(Cl)cc5s4)cc3)ccn12)C(=O)O. The maximum Gasteiger partial charge on any atom is 0.307 e. The van der Waals surface area contributed by atoms with Crippen molar-refractivity contribution in [1.82, 2.24) is 19.6 Å². The van der Waals surface area contributed by atoms with Crippen LogP contribution in [0.4, 0.5) is 10.8 Å². The normalized spacial score (nSPS) is 12.5. The fourth-order valence-electron chi connectivity index (χ4n) is 3.89. The average Bonchev–Trinajstić information content (AvgIpc) is 3.39. The summed E-state index contributed by atoms with van der Waals surface area (Å²) in [6, 6.07) is 17.7. The molecule has 9 heteroatoms. The number of aliphatic carboxylic acids is 1. The molecule has 3 heterocycles. The lowest BCUT2D eigenvalue weighted by molar-refractivity contribution is -0.143. The van der Waals surface area contributed by atoms with Crippen molar-refractivity contribution in [3.63, 3.8) is 0 Å². The van der Waals surface area contributed by atoms with E-state index in [9.17, 15) is 9.90 Å². The lowest BCUT2D eigenvalue weighted by atomic mass is 9.92. The van der Waals surface area contributed by atoms with Crippen molar-refractivity contribution in [2.45, 2.75) is 20.3 Å². The zero-order valence-corrected chi connectivity index (χ0v) is 20.1. The zero-order valence-electron chi connectivity index (χ0n) is 18.6. The molecular formula is C25H22ClN5O2S. The summed E-state index contributed by atoms with van der Waals surface area (Å²) in [5.74, 6) is -0.651. The van der Waals surface area contributed by atoms with Gasteiger partial charge in [-0.15, -0.1) is 10.2 Å². The molecule has 0 bridgehead atoms. The van der Waals surface area contributed by atoms with Crippen molar-refractivity contribution >= 4 is 55.6 Å². The minimum absolute atomic E-state index is 0.0109. The molecule has 7 nitrogen and oxygen atoms in total. The Balaban J connectivity index is 1.34. The number of carboxylic acid groups (broad SMARTS) is 1. The van der Waals surface area contributed by atoms with E-state index < -0.39 is 11.9 Å². The highest BCUT2D eigenvalue weighted by atomic mass is 35.5. The van der Waals surface area contributed by atoms with Crippen LogP contribution in [0.1, 0.15) is 19.7 Å². The Morgan fingerprint density at radius 2 is 1.88 bits per heavy atom. The molecule has 0 unspecified atom stereocenters. The summed E-state index contributed by atoms with van der Waals surface area (Å²) in [6.07, 6.45) is 2.24. The molecule has 0 radical (unpaired) electrons. The van der Waals surface area contributed by atoms with Gasteiger partial charge in [0.15, 0.2) is 10.8 Å². The first kappa shape index (κ1) is 22.3. The first-order chi connectivity index (χ1) is 16.4. The number of halogens is 1. The van der Waals surface area contributed by atoms with Crippen LogP contribution < -0.4 is 5.32 Å². The number of nitrogens with zero attached hydrogens (tertiary/aromatic N) is 4. The number of hydrogen-bond acceptors (Lipinski definition) is 6. The predicted molar refractivity (Wildman–Crippen MR) is 136 cm³/mol. The number of carboxylic acids is 1. The molecule has 0 spiro atoms. The summed E-state index contributed by atoms with van der Waals surface area (Å²) in [7, 11) is 0. The fourth-order valence-corrected chi connectivity index (χ4v) is 5.05. The third-order valence-corrected chi connectivity index (χ3v) is 6.99. The fraction of sp³-hybridized carbons (Fsp3) is 0.200. The number of thiazole rings is 1. The van der Waals surface area contributed by atoms with Gasteiger partial charge in [-0.25, -0.2) is 4.98 Å². The summed E-state index contributed by atoms with van der Waals surface area (Å²) in [5, 5.41) is 22.9. The molecule has 1 atom stereocenters. The van der Waals surface area contributed by atoms with Crippen molar-refractivity contribution < 1.29 is 9.90 Å². The van der Waals surface area contributed by atoms with Gasteiger partial charge in [0.1, 0.15) is 5.82 Å². The Morgan fingerprint density at radius 3 is 2.62 bits per heavy atom. The van der Waals surface area contributed by atoms with Gasteiger partial charge in [-0.1, -0.05) is 48.9 Å². The van der Waals surface area contributed by atoms with Gasteiger partial charge in [0.2, 0.25) is 0 Å². The van der Waals surface area contributed by atoms with Gasteiger partial charge >= 0.3 is 5.97 Å². The van der Waals surface area contributed by atoms with Gasteiger partial charge in [-0.05, 0) is 59.5 Å². The second kappa shape index (κ2) is 9.04. The van der Waals surface area contributed by atoms with Crippen LogP contribution in [0, 0.1) is 11.8 Å². The lowest BCUT2D eigenvalue weighted by Gasteiger charge is -2.14. The van der Waals surface area contributed by atoms with E-state index in [1.54, 1.807) is 11.3 Å². The van der Waals surface area contributed by atoms with E-state index in [-0.39, 0.29) is 5.92 Å². The molecule has 2 aromatic carbocycles. The van der Waals surface area contributed by atoms with Crippen molar-refractivity contribution in [2.24, 2.45) is 11.8 Å². The molecule has 5 aromatic rings. The summed E-state index contributed by atoms with van der Waals surface area (Å²) in [6.45, 7) is 3.82. The number of rotatable bonds is 7. The summed E-state index contributed by atoms with van der Waals surface area (Å²) in [4.78, 5) is 16.2. The minimum atomic E-state index is -0.813. The first-order valence-electron chi connectivity index (χ1n) is 10.9. The Bertz CT molecular complexity index is 1490. The van der Waals surface area contributed by atoms with Gasteiger partial charge in [0, 0.05) is 23.3 Å². The summed E-state index contributed by atoms with van der Waals surface area (Å²) in [5.41, 5.74) is 4.59. The van der Waals surface area contributed by atoms with Crippen molar-refractivity contribution in [2.75, 3.05) is 5.32 Å². The van der Waals surface area contributed by atoms with Gasteiger partial charge < -0.3 is 10.4 Å². The topological polar surface area (TPSA) is 92.4 Å². The van der Waals surface area contributed by atoms with Crippen LogP contribution in [-0.2, 0) is 11.2 Å². The number of pyridine rings is 1. The Labute approximate surface area is 205 Å². The van der Waals surface area contributed by atoms with Crippen LogP contribution in [0.15, 0.2) is 60.8 Å². The molecule has 0 fully saturated rings. The number of benzene rings is 2. The van der Waals surface area contributed by atoms with E-state index in [2.05, 4.69) is 20.5 Å². The van der Waals surface area contributed by atoms with E-state index in [0.29, 0.717) is 22.9 Å². The quantitative estimate of drug-likeness (QED) is 0.277. The predicted octanol–water partition coefficient (Wildman–Crippen LogP) is 6.30. The van der Waals surface area contributed by atoms with Gasteiger partial charge in [-0.2, -0.15) is 0 Å². The lowest BCUT2D eigenvalue weighted by Crippen LogP contribution is -2.23. The Morgan fingerprint density at radius 1 is 1.09 bits per heavy atom. The molecule has 0 aliphatic carbocycles. The largest absolute Gasteiger partial charge is 0.481 e. The molecule has 0 saturated carbocycles. The second-order valence-corrected chi connectivity index (χ2v) is 9.95. The van der Waals surface area contributed by atoms with Crippen LogP contribution in [-0.4, -0.2) is 30.7 Å². The Kier molecular flexibility index (Phi) is 5.93. The highest BCUT2D eigenvalue weighted by Gasteiger charge is 2.24. The maximum absolute atomic E-state index is 11.6. The number of nitrogens with one attached hydrogen (secondary N) is 1. The first-order valence-corrected chi connectivity index (χ1v) is 12.1. The highest BCUT2D eigenvalue weighted by Crippen LogP contribution is 2.31. The standard InChI is InChI=1S/C25H22ClN5O2S/c1-14(2)19(24(32)33)13-23-30-29-22-11-16(9-10-31(22)23)15-3-6-18(7-4-15)27-25-28-20-8-5-17(26)12-21(20)34-25/h3-12,14,19H,13H2,1-2H3,(H,27,28)(H,32,33)/t19-/m1/s1. The number of hydrogen-bond donors (Lipinski definition) is 2. The molecule has 3 aromatic heterocycles. The average molecular weight is 492 g/mol. The molecular weight excluding hydrogens is 470 g/mol. The van der Waals surface area contributed by atoms with Crippen LogP contribution in [0.2, 0.25) is 5.02 Å². The smallest absolute Gasteiger partial charge is 0.307 e. The number of carbonyl (C=O) groups is 1.